The van der Waals surface area contributed by atoms with Crippen molar-refractivity contribution in [2.45, 2.75) is 32.7 Å². The maximum atomic E-state index is 5.72. The lowest BCUT2D eigenvalue weighted by atomic mass is 9.95. The summed E-state index contributed by atoms with van der Waals surface area (Å²) < 4.78 is 5.72. The van der Waals surface area contributed by atoms with Crippen LogP contribution in [-0.4, -0.2) is 34.8 Å². The number of anilines is 1. The molecule has 1 saturated heterocycles. The highest BCUT2D eigenvalue weighted by atomic mass is 16.5. The van der Waals surface area contributed by atoms with Crippen molar-refractivity contribution < 1.29 is 4.52 Å². The van der Waals surface area contributed by atoms with Gasteiger partial charge in [-0.2, -0.15) is 4.98 Å². The zero-order valence-electron chi connectivity index (χ0n) is 15.5. The zero-order valence-corrected chi connectivity index (χ0v) is 15.5. The number of fused-ring (bicyclic) bond motifs is 1. The van der Waals surface area contributed by atoms with Crippen LogP contribution in [0, 0.1) is 6.92 Å². The molecule has 6 nitrogen and oxygen atoms in total. The first-order chi connectivity index (χ1) is 13.3. The molecule has 1 fully saturated rings. The maximum Gasteiger partial charge on any atom is 0.260 e. The maximum absolute atomic E-state index is 5.72. The summed E-state index contributed by atoms with van der Waals surface area (Å²) in [6, 6.07) is 8.32. The van der Waals surface area contributed by atoms with Gasteiger partial charge in [0.05, 0.1) is 5.56 Å². The van der Waals surface area contributed by atoms with Crippen LogP contribution in [0.3, 0.4) is 0 Å². The highest BCUT2D eigenvalue weighted by Crippen LogP contribution is 2.34. The molecule has 0 unspecified atom stereocenters. The first-order valence-corrected chi connectivity index (χ1v) is 9.68. The molecule has 0 atom stereocenters. The number of benzene rings is 1. The van der Waals surface area contributed by atoms with Crippen LogP contribution in [0.2, 0.25) is 0 Å². The minimum atomic E-state index is 0.582. The second-order valence-corrected chi connectivity index (χ2v) is 7.28. The quantitative estimate of drug-likeness (QED) is 0.772. The van der Waals surface area contributed by atoms with E-state index in [4.69, 9.17) is 9.51 Å². The van der Waals surface area contributed by atoms with Crippen molar-refractivity contribution in [3.8, 4) is 22.8 Å². The van der Waals surface area contributed by atoms with Crippen molar-refractivity contribution in [2.75, 3.05) is 24.5 Å². The number of hydrogen-bond acceptors (Lipinski definition) is 6. The lowest BCUT2D eigenvalue weighted by molar-refractivity contribution is 0.432. The Morgan fingerprint density at radius 3 is 2.89 bits per heavy atom. The number of pyridine rings is 1. The van der Waals surface area contributed by atoms with E-state index in [1.807, 2.05) is 19.2 Å². The Balaban J connectivity index is 1.57. The van der Waals surface area contributed by atoms with Gasteiger partial charge in [-0.05, 0) is 56.0 Å². The monoisotopic (exact) mass is 361 g/mol. The summed E-state index contributed by atoms with van der Waals surface area (Å²) in [6.45, 7) is 6.00. The van der Waals surface area contributed by atoms with Crippen molar-refractivity contribution in [3.63, 3.8) is 0 Å². The van der Waals surface area contributed by atoms with E-state index in [1.54, 1.807) is 0 Å². The van der Waals surface area contributed by atoms with Gasteiger partial charge in [0.2, 0.25) is 5.82 Å². The molecule has 138 valence electrons. The topological polar surface area (TPSA) is 67.1 Å². The standard InChI is InChI=1S/C21H23N5O/c1-14-19(16-8-9-22-12-15(16)13-23-14)20-24-21(27-25-20)17-6-2-3-7-18(17)26-10-4-5-11-26/h2-3,6-7,13,22H,4-5,8-12H2,1H3. The smallest absolute Gasteiger partial charge is 0.260 e. The molecule has 2 aliphatic rings. The van der Waals surface area contributed by atoms with Crippen LogP contribution in [-0.2, 0) is 13.0 Å². The van der Waals surface area contributed by atoms with Crippen LogP contribution in [0.4, 0.5) is 5.69 Å². The Kier molecular flexibility index (Phi) is 4.13. The molecule has 2 aliphatic heterocycles. The van der Waals surface area contributed by atoms with Gasteiger partial charge in [-0.15, -0.1) is 0 Å². The van der Waals surface area contributed by atoms with Crippen LogP contribution in [0.1, 0.15) is 29.7 Å². The molecule has 1 N–H and O–H groups in total. The second-order valence-electron chi connectivity index (χ2n) is 7.28. The molecule has 0 amide bonds. The number of aromatic nitrogens is 3. The van der Waals surface area contributed by atoms with Gasteiger partial charge >= 0.3 is 0 Å². The molecular weight excluding hydrogens is 338 g/mol. The molecule has 6 heteroatoms. The number of hydrogen-bond donors (Lipinski definition) is 1. The Morgan fingerprint density at radius 1 is 1.15 bits per heavy atom. The lowest BCUT2D eigenvalue weighted by Gasteiger charge is -2.20. The first kappa shape index (κ1) is 16.4. The molecule has 0 spiro atoms. The molecule has 1 aromatic carbocycles. The molecule has 5 rings (SSSR count). The van der Waals surface area contributed by atoms with Crippen molar-refractivity contribution in [2.24, 2.45) is 0 Å². The van der Waals surface area contributed by atoms with Crippen LogP contribution >= 0.6 is 0 Å². The fraction of sp³-hybridized carbons (Fsp3) is 0.381. The van der Waals surface area contributed by atoms with E-state index in [9.17, 15) is 0 Å². The van der Waals surface area contributed by atoms with Gasteiger partial charge in [-0.3, -0.25) is 4.98 Å². The Labute approximate surface area is 158 Å². The van der Waals surface area contributed by atoms with E-state index >= 15 is 0 Å². The van der Waals surface area contributed by atoms with E-state index < -0.39 is 0 Å². The summed E-state index contributed by atoms with van der Waals surface area (Å²) in [7, 11) is 0. The predicted octanol–water partition coefficient (Wildman–Crippen LogP) is 3.35. The Hall–Kier alpha value is -2.73. The van der Waals surface area contributed by atoms with Crippen molar-refractivity contribution in [1.29, 1.82) is 0 Å². The number of nitrogens with one attached hydrogen (secondary N) is 1. The minimum absolute atomic E-state index is 0.582. The van der Waals surface area contributed by atoms with Crippen LogP contribution in [0.5, 0.6) is 0 Å². The van der Waals surface area contributed by atoms with Crippen LogP contribution in [0.15, 0.2) is 35.0 Å². The van der Waals surface area contributed by atoms with Gasteiger partial charge in [0.15, 0.2) is 0 Å². The first-order valence-electron chi connectivity index (χ1n) is 9.68. The number of rotatable bonds is 3. The summed E-state index contributed by atoms with van der Waals surface area (Å²) in [5.74, 6) is 1.23. The van der Waals surface area contributed by atoms with Gasteiger partial charge < -0.3 is 14.7 Å². The summed E-state index contributed by atoms with van der Waals surface area (Å²) in [5, 5.41) is 7.73. The third kappa shape index (κ3) is 2.90. The second kappa shape index (κ2) is 6.78. The third-order valence-electron chi connectivity index (χ3n) is 5.56. The fourth-order valence-corrected chi connectivity index (χ4v) is 4.19. The van der Waals surface area contributed by atoms with Crippen molar-refractivity contribution >= 4 is 5.69 Å². The Bertz CT molecular complexity index is 974. The van der Waals surface area contributed by atoms with Crippen molar-refractivity contribution in [1.82, 2.24) is 20.4 Å². The normalized spacial score (nSPS) is 16.6. The molecule has 3 aromatic rings. The van der Waals surface area contributed by atoms with E-state index in [2.05, 4.69) is 38.6 Å². The molecular formula is C21H23N5O. The molecule has 2 aromatic heterocycles. The zero-order chi connectivity index (χ0) is 18.2. The summed E-state index contributed by atoms with van der Waals surface area (Å²) in [4.78, 5) is 11.8. The molecule has 0 bridgehead atoms. The molecule has 4 heterocycles. The lowest BCUT2D eigenvalue weighted by Crippen LogP contribution is -2.24. The molecule has 0 saturated carbocycles. The summed E-state index contributed by atoms with van der Waals surface area (Å²) in [6.07, 6.45) is 5.39. The van der Waals surface area contributed by atoms with Gasteiger partial charge in [0.25, 0.3) is 5.89 Å². The predicted molar refractivity (Wildman–Crippen MR) is 105 cm³/mol. The SMILES string of the molecule is Cc1ncc2c(c1-c1noc(-c3ccccc3N3CCCC3)n1)CCNC2. The van der Waals surface area contributed by atoms with Crippen LogP contribution < -0.4 is 10.2 Å². The van der Waals surface area contributed by atoms with Gasteiger partial charge in [-0.25, -0.2) is 0 Å². The highest BCUT2D eigenvalue weighted by molar-refractivity contribution is 5.75. The van der Waals surface area contributed by atoms with E-state index in [-0.39, 0.29) is 0 Å². The molecule has 27 heavy (non-hydrogen) atoms. The number of para-hydroxylation sites is 1. The third-order valence-corrected chi connectivity index (χ3v) is 5.56. The molecule has 0 aliphatic carbocycles. The average Bonchev–Trinajstić information content (AvgIpc) is 3.40. The highest BCUT2D eigenvalue weighted by Gasteiger charge is 2.23. The summed E-state index contributed by atoms with van der Waals surface area (Å²) in [5.41, 5.74) is 6.69. The fourth-order valence-electron chi connectivity index (χ4n) is 4.19. The molecule has 0 radical (unpaired) electrons. The van der Waals surface area contributed by atoms with Gasteiger partial charge in [0.1, 0.15) is 0 Å². The van der Waals surface area contributed by atoms with Gasteiger partial charge in [0, 0.05) is 42.8 Å². The summed E-state index contributed by atoms with van der Waals surface area (Å²) >= 11 is 0. The van der Waals surface area contributed by atoms with E-state index in [0.717, 1.165) is 49.4 Å². The van der Waals surface area contributed by atoms with Gasteiger partial charge in [-0.1, -0.05) is 17.3 Å². The number of nitrogens with zero attached hydrogens (tertiary/aromatic N) is 4. The minimum Gasteiger partial charge on any atom is -0.371 e. The van der Waals surface area contributed by atoms with Crippen LogP contribution in [0.25, 0.3) is 22.8 Å². The largest absolute Gasteiger partial charge is 0.371 e. The number of aryl methyl sites for hydroxylation is 1. The average molecular weight is 361 g/mol. The van der Waals surface area contributed by atoms with E-state index in [0.29, 0.717) is 11.7 Å². The van der Waals surface area contributed by atoms with E-state index in [1.165, 1.54) is 29.7 Å². The Morgan fingerprint density at radius 2 is 2.00 bits per heavy atom. The van der Waals surface area contributed by atoms with Crippen molar-refractivity contribution in [3.05, 3.63) is 47.3 Å².